The molecule has 1 aliphatic rings. The first-order valence-electron chi connectivity index (χ1n) is 5.72. The van der Waals surface area contributed by atoms with Crippen LogP contribution in [0, 0.1) is 12.8 Å². The minimum atomic E-state index is -3.45. The first-order valence-corrected chi connectivity index (χ1v) is 7.20. The molecule has 2 rings (SSSR count). The van der Waals surface area contributed by atoms with E-state index in [2.05, 4.69) is 27.2 Å². The third kappa shape index (κ3) is 2.85. The molecule has 1 aliphatic heterocycles. The fraction of sp³-hybridized carbons (Fsp3) is 0.700. The van der Waals surface area contributed by atoms with Gasteiger partial charge in [0, 0.05) is 12.6 Å². The lowest BCUT2D eigenvalue weighted by atomic mass is 9.99. The molecule has 0 aliphatic carbocycles. The van der Waals surface area contributed by atoms with Gasteiger partial charge in [-0.05, 0) is 25.8 Å². The number of aryl methyl sites for hydroxylation is 1. The van der Waals surface area contributed by atoms with Gasteiger partial charge in [0.05, 0.1) is 11.9 Å². The second-order valence-corrected chi connectivity index (χ2v) is 6.36. The maximum atomic E-state index is 12.1. The van der Waals surface area contributed by atoms with E-state index in [1.54, 1.807) is 6.92 Å². The highest BCUT2D eigenvalue weighted by molar-refractivity contribution is 7.89. The van der Waals surface area contributed by atoms with Crippen LogP contribution in [0.1, 0.15) is 19.0 Å². The number of sulfonamides is 1. The highest BCUT2D eigenvalue weighted by atomic mass is 32.2. The minimum Gasteiger partial charge on any atom is -0.315 e. The lowest BCUT2D eigenvalue weighted by molar-refractivity contribution is 0.346. The Morgan fingerprint density at radius 2 is 2.24 bits per heavy atom. The van der Waals surface area contributed by atoms with Gasteiger partial charge >= 0.3 is 0 Å². The predicted molar refractivity (Wildman–Crippen MR) is 64.1 cm³/mol. The van der Waals surface area contributed by atoms with Gasteiger partial charge in [-0.25, -0.2) is 13.1 Å². The van der Waals surface area contributed by atoms with Gasteiger partial charge in [-0.2, -0.15) is 5.10 Å². The second kappa shape index (κ2) is 4.75. The average molecular weight is 258 g/mol. The van der Waals surface area contributed by atoms with Crippen LogP contribution in [0.15, 0.2) is 11.1 Å². The van der Waals surface area contributed by atoms with Gasteiger partial charge in [0.15, 0.2) is 0 Å². The number of nitrogens with one attached hydrogen (secondary N) is 3. The fourth-order valence-electron chi connectivity index (χ4n) is 2.14. The highest BCUT2D eigenvalue weighted by Crippen LogP contribution is 2.15. The molecule has 0 bridgehead atoms. The molecule has 0 spiro atoms. The van der Waals surface area contributed by atoms with E-state index in [1.165, 1.54) is 6.20 Å². The Morgan fingerprint density at radius 3 is 2.82 bits per heavy atom. The molecule has 1 aromatic rings. The van der Waals surface area contributed by atoms with Crippen LogP contribution in [-0.4, -0.2) is 37.7 Å². The van der Waals surface area contributed by atoms with E-state index in [0.717, 1.165) is 13.0 Å². The molecule has 3 N–H and O–H groups in total. The van der Waals surface area contributed by atoms with Crippen LogP contribution in [0.5, 0.6) is 0 Å². The van der Waals surface area contributed by atoms with Crippen molar-refractivity contribution in [3.05, 3.63) is 11.9 Å². The van der Waals surface area contributed by atoms with Crippen LogP contribution in [0.2, 0.25) is 0 Å². The van der Waals surface area contributed by atoms with Gasteiger partial charge in [-0.15, -0.1) is 0 Å². The quantitative estimate of drug-likeness (QED) is 0.712. The summed E-state index contributed by atoms with van der Waals surface area (Å²) in [6.45, 7) is 5.43. The van der Waals surface area contributed by atoms with Crippen molar-refractivity contribution < 1.29 is 8.42 Å². The molecular weight excluding hydrogens is 240 g/mol. The summed E-state index contributed by atoms with van der Waals surface area (Å²) in [7, 11) is -3.45. The molecule has 2 unspecified atom stereocenters. The zero-order valence-electron chi connectivity index (χ0n) is 10.0. The van der Waals surface area contributed by atoms with Crippen molar-refractivity contribution in [1.82, 2.24) is 20.2 Å². The number of aromatic nitrogens is 2. The standard InChI is InChI=1S/C10H18N4O2S/c1-7-3-9(5-11-4-7)14-17(15,16)10-6-12-13-8(10)2/h6-7,9,11,14H,3-5H2,1-2H3,(H,12,13). The Kier molecular flexibility index (Phi) is 3.50. The molecule has 0 amide bonds. The molecule has 1 fully saturated rings. The van der Waals surface area contributed by atoms with Gasteiger partial charge in [0.25, 0.3) is 0 Å². The number of rotatable bonds is 3. The summed E-state index contributed by atoms with van der Waals surface area (Å²) in [5, 5.41) is 9.59. The van der Waals surface area contributed by atoms with Crippen LogP contribution in [0.3, 0.4) is 0 Å². The summed E-state index contributed by atoms with van der Waals surface area (Å²) in [5.41, 5.74) is 0.564. The van der Waals surface area contributed by atoms with Crippen molar-refractivity contribution >= 4 is 10.0 Å². The van der Waals surface area contributed by atoms with E-state index < -0.39 is 10.0 Å². The van der Waals surface area contributed by atoms with Crippen molar-refractivity contribution in [2.45, 2.75) is 31.2 Å². The Balaban J connectivity index is 2.10. The first-order chi connectivity index (χ1) is 7.99. The second-order valence-electron chi connectivity index (χ2n) is 4.68. The van der Waals surface area contributed by atoms with E-state index in [0.29, 0.717) is 18.2 Å². The Hall–Kier alpha value is -0.920. The van der Waals surface area contributed by atoms with Crippen LogP contribution in [-0.2, 0) is 10.0 Å². The first kappa shape index (κ1) is 12.5. The van der Waals surface area contributed by atoms with E-state index in [1.807, 2.05) is 0 Å². The molecule has 7 heteroatoms. The van der Waals surface area contributed by atoms with E-state index >= 15 is 0 Å². The van der Waals surface area contributed by atoms with Crippen LogP contribution in [0.25, 0.3) is 0 Å². The number of aromatic amines is 1. The largest absolute Gasteiger partial charge is 0.315 e. The molecular formula is C10H18N4O2S. The molecule has 2 heterocycles. The summed E-state index contributed by atoms with van der Waals surface area (Å²) in [6, 6.07) is -0.0435. The molecule has 96 valence electrons. The fourth-order valence-corrected chi connectivity index (χ4v) is 3.53. The zero-order chi connectivity index (χ0) is 12.5. The van der Waals surface area contributed by atoms with Gasteiger partial charge in [-0.3, -0.25) is 5.10 Å². The Bertz CT molecular complexity index is 482. The predicted octanol–water partition coefficient (Wildman–Crippen LogP) is -0.00558. The average Bonchev–Trinajstić information content (AvgIpc) is 2.64. The summed E-state index contributed by atoms with van der Waals surface area (Å²) in [4.78, 5) is 0.232. The smallest absolute Gasteiger partial charge is 0.244 e. The molecule has 1 saturated heterocycles. The third-order valence-corrected chi connectivity index (χ3v) is 4.60. The molecule has 0 saturated carbocycles. The monoisotopic (exact) mass is 258 g/mol. The van der Waals surface area contributed by atoms with Crippen LogP contribution in [0.4, 0.5) is 0 Å². The van der Waals surface area contributed by atoms with Crippen molar-refractivity contribution in [2.75, 3.05) is 13.1 Å². The van der Waals surface area contributed by atoms with Crippen molar-refractivity contribution in [3.63, 3.8) is 0 Å². The Labute approximate surface area is 101 Å². The summed E-state index contributed by atoms with van der Waals surface area (Å²) >= 11 is 0. The van der Waals surface area contributed by atoms with Crippen LogP contribution >= 0.6 is 0 Å². The summed E-state index contributed by atoms with van der Waals surface area (Å²) in [6.07, 6.45) is 2.21. The topological polar surface area (TPSA) is 86.9 Å². The van der Waals surface area contributed by atoms with E-state index in [4.69, 9.17) is 0 Å². The number of piperidine rings is 1. The molecule has 6 nitrogen and oxygen atoms in total. The van der Waals surface area contributed by atoms with Crippen molar-refractivity contribution in [3.8, 4) is 0 Å². The molecule has 1 aromatic heterocycles. The zero-order valence-corrected chi connectivity index (χ0v) is 10.8. The van der Waals surface area contributed by atoms with Gasteiger partial charge in [0.1, 0.15) is 4.90 Å². The van der Waals surface area contributed by atoms with Gasteiger partial charge < -0.3 is 5.32 Å². The number of nitrogens with zero attached hydrogens (tertiary/aromatic N) is 1. The Morgan fingerprint density at radius 1 is 1.47 bits per heavy atom. The van der Waals surface area contributed by atoms with Gasteiger partial charge in [-0.1, -0.05) is 6.92 Å². The summed E-state index contributed by atoms with van der Waals surface area (Å²) in [5.74, 6) is 0.488. The van der Waals surface area contributed by atoms with Crippen molar-refractivity contribution in [2.24, 2.45) is 5.92 Å². The van der Waals surface area contributed by atoms with E-state index in [-0.39, 0.29) is 10.9 Å². The van der Waals surface area contributed by atoms with E-state index in [9.17, 15) is 8.42 Å². The lowest BCUT2D eigenvalue weighted by Gasteiger charge is -2.28. The normalized spacial score (nSPS) is 26.0. The minimum absolute atomic E-state index is 0.0435. The lowest BCUT2D eigenvalue weighted by Crippen LogP contribution is -2.48. The van der Waals surface area contributed by atoms with Crippen LogP contribution < -0.4 is 10.0 Å². The molecule has 0 radical (unpaired) electrons. The van der Waals surface area contributed by atoms with Crippen molar-refractivity contribution in [1.29, 1.82) is 0 Å². The number of hydrogen-bond acceptors (Lipinski definition) is 4. The molecule has 2 atom stereocenters. The maximum absolute atomic E-state index is 12.1. The maximum Gasteiger partial charge on any atom is 0.244 e. The van der Waals surface area contributed by atoms with Gasteiger partial charge in [0.2, 0.25) is 10.0 Å². The third-order valence-electron chi connectivity index (χ3n) is 2.97. The number of hydrogen-bond donors (Lipinski definition) is 3. The highest BCUT2D eigenvalue weighted by Gasteiger charge is 2.26. The molecule has 0 aromatic carbocycles. The SMILES string of the molecule is Cc1[nH]ncc1S(=O)(=O)NC1CNCC(C)C1. The molecule has 17 heavy (non-hydrogen) atoms. The summed E-state index contributed by atoms with van der Waals surface area (Å²) < 4.78 is 26.9. The number of H-pyrrole nitrogens is 1.